The molecule has 1 fully saturated rings. The van der Waals surface area contributed by atoms with Gasteiger partial charge in [-0.2, -0.15) is 0 Å². The Bertz CT molecular complexity index is 463. The third kappa shape index (κ3) is 2.98. The number of likely N-dealkylation sites (N-methyl/N-ethyl adjacent to an activating group) is 1. The number of nitro groups is 1. The fourth-order valence-electron chi connectivity index (χ4n) is 2.97. The lowest BCUT2D eigenvalue weighted by molar-refractivity contribution is -0.384. The fourth-order valence-corrected chi connectivity index (χ4v) is 2.97. The summed E-state index contributed by atoms with van der Waals surface area (Å²) in [6.45, 7) is 3.62. The van der Waals surface area contributed by atoms with Gasteiger partial charge >= 0.3 is 0 Å². The number of hydrogen-bond donors (Lipinski definition) is 1. The molecule has 2 rings (SSSR count). The quantitative estimate of drug-likeness (QED) is 0.488. The molecule has 1 heterocycles. The maximum absolute atomic E-state index is 10.8. The van der Waals surface area contributed by atoms with Crippen LogP contribution in [0.2, 0.25) is 0 Å². The van der Waals surface area contributed by atoms with E-state index in [-0.39, 0.29) is 10.6 Å². The lowest BCUT2D eigenvalue weighted by Crippen LogP contribution is -2.50. The molecular weight excluding hydrogens is 258 g/mol. The van der Waals surface area contributed by atoms with Crippen LogP contribution in [0.1, 0.15) is 6.42 Å². The summed E-state index contributed by atoms with van der Waals surface area (Å²) in [6.07, 6.45) is 1.11. The summed E-state index contributed by atoms with van der Waals surface area (Å²) in [5.41, 5.74) is 1.27. The van der Waals surface area contributed by atoms with Crippen LogP contribution in [0.15, 0.2) is 24.3 Å². The minimum atomic E-state index is -0.357. The van der Waals surface area contributed by atoms with E-state index in [1.807, 2.05) is 19.2 Å². The van der Waals surface area contributed by atoms with Crippen LogP contribution in [0.5, 0.6) is 0 Å². The zero-order valence-electron chi connectivity index (χ0n) is 12.0. The SMILES string of the molecule is CNC1CC[N@+](CCOC)(c2ccc([N+](=O)[O-])cc2)C1. The third-order valence-electron chi connectivity index (χ3n) is 4.22. The number of non-ortho nitro benzene ring substituents is 1. The van der Waals surface area contributed by atoms with Gasteiger partial charge in [-0.05, 0) is 7.05 Å². The van der Waals surface area contributed by atoms with Crippen molar-refractivity contribution in [3.8, 4) is 0 Å². The number of rotatable bonds is 6. The van der Waals surface area contributed by atoms with Gasteiger partial charge in [0.2, 0.25) is 0 Å². The normalized spacial score (nSPS) is 25.8. The Labute approximate surface area is 119 Å². The van der Waals surface area contributed by atoms with Gasteiger partial charge in [0, 0.05) is 37.8 Å². The van der Waals surface area contributed by atoms with E-state index >= 15 is 0 Å². The standard InChI is InChI=1S/C14H22N3O3/c1-15-12-7-8-17(11-12,9-10-20-2)14-5-3-13(4-6-14)16(18)19/h3-6,12,15H,7-11H2,1-2H3/q+1/t12?,17-/m1/s1. The van der Waals surface area contributed by atoms with Crippen molar-refractivity contribution in [3.63, 3.8) is 0 Å². The molecule has 6 nitrogen and oxygen atoms in total. The molecule has 1 aromatic rings. The molecule has 0 aromatic heterocycles. The second kappa shape index (κ2) is 6.30. The molecule has 2 atom stereocenters. The Kier molecular flexibility index (Phi) is 4.69. The topological polar surface area (TPSA) is 64.4 Å². The van der Waals surface area contributed by atoms with Crippen LogP contribution in [-0.2, 0) is 4.74 Å². The maximum Gasteiger partial charge on any atom is 0.269 e. The van der Waals surface area contributed by atoms with Gasteiger partial charge in [-0.3, -0.25) is 14.6 Å². The van der Waals surface area contributed by atoms with Crippen molar-refractivity contribution in [3.05, 3.63) is 34.4 Å². The Balaban J connectivity index is 2.24. The number of benzene rings is 1. The Morgan fingerprint density at radius 3 is 2.65 bits per heavy atom. The number of ether oxygens (including phenoxy) is 1. The Morgan fingerprint density at radius 2 is 2.15 bits per heavy atom. The number of methoxy groups -OCH3 is 1. The molecular formula is C14H22N3O3+. The second-order valence-corrected chi connectivity index (χ2v) is 5.32. The average Bonchev–Trinajstić information content (AvgIpc) is 2.90. The van der Waals surface area contributed by atoms with Crippen LogP contribution < -0.4 is 9.80 Å². The average molecular weight is 280 g/mol. The summed E-state index contributed by atoms with van der Waals surface area (Å²) in [4.78, 5) is 10.4. The predicted molar refractivity (Wildman–Crippen MR) is 78.8 cm³/mol. The maximum atomic E-state index is 10.8. The molecule has 1 N–H and O–H groups in total. The van der Waals surface area contributed by atoms with E-state index in [0.29, 0.717) is 12.6 Å². The number of nitro benzene ring substituents is 1. The van der Waals surface area contributed by atoms with Gasteiger partial charge in [-0.1, -0.05) is 0 Å². The number of nitrogens with zero attached hydrogens (tertiary/aromatic N) is 2. The molecule has 1 aliphatic rings. The molecule has 1 saturated heterocycles. The van der Waals surface area contributed by atoms with E-state index in [4.69, 9.17) is 4.74 Å². The van der Waals surface area contributed by atoms with Gasteiger partial charge in [0.1, 0.15) is 12.2 Å². The summed E-state index contributed by atoms with van der Waals surface area (Å²) in [7, 11) is 3.69. The lowest BCUT2D eigenvalue weighted by atomic mass is 10.2. The minimum Gasteiger partial charge on any atom is -0.379 e. The summed E-state index contributed by atoms with van der Waals surface area (Å²) in [6, 6.07) is 7.43. The highest BCUT2D eigenvalue weighted by molar-refractivity contribution is 5.49. The molecule has 0 bridgehead atoms. The van der Waals surface area contributed by atoms with Crippen LogP contribution in [0.25, 0.3) is 0 Å². The largest absolute Gasteiger partial charge is 0.379 e. The van der Waals surface area contributed by atoms with Crippen molar-refractivity contribution in [2.24, 2.45) is 0 Å². The van der Waals surface area contributed by atoms with E-state index in [2.05, 4.69) is 5.32 Å². The van der Waals surface area contributed by atoms with Gasteiger partial charge < -0.3 is 10.1 Å². The molecule has 0 radical (unpaired) electrons. The Morgan fingerprint density at radius 1 is 1.45 bits per heavy atom. The van der Waals surface area contributed by atoms with Crippen molar-refractivity contribution in [1.29, 1.82) is 0 Å². The Hall–Kier alpha value is -1.50. The van der Waals surface area contributed by atoms with Crippen LogP contribution in [0.3, 0.4) is 0 Å². The highest BCUT2D eigenvalue weighted by Crippen LogP contribution is 2.30. The lowest BCUT2D eigenvalue weighted by Gasteiger charge is -2.34. The van der Waals surface area contributed by atoms with E-state index in [9.17, 15) is 10.1 Å². The molecule has 0 amide bonds. The summed E-state index contributed by atoms with van der Waals surface area (Å²) in [5.74, 6) is 0. The fraction of sp³-hybridized carbons (Fsp3) is 0.571. The highest BCUT2D eigenvalue weighted by atomic mass is 16.6. The number of quaternary nitrogens is 1. The summed E-state index contributed by atoms with van der Waals surface area (Å²) < 4.78 is 6.07. The first kappa shape index (κ1) is 14.9. The number of nitrogens with one attached hydrogen (secondary N) is 1. The van der Waals surface area contributed by atoms with E-state index in [1.165, 1.54) is 0 Å². The zero-order valence-corrected chi connectivity index (χ0v) is 12.0. The number of hydrogen-bond acceptors (Lipinski definition) is 4. The molecule has 1 aromatic carbocycles. The first-order valence-electron chi connectivity index (χ1n) is 6.88. The smallest absolute Gasteiger partial charge is 0.269 e. The molecule has 0 spiro atoms. The molecule has 6 heteroatoms. The molecule has 20 heavy (non-hydrogen) atoms. The minimum absolute atomic E-state index is 0.142. The second-order valence-electron chi connectivity index (χ2n) is 5.32. The third-order valence-corrected chi connectivity index (χ3v) is 4.22. The molecule has 0 aliphatic carbocycles. The van der Waals surface area contributed by atoms with Gasteiger partial charge in [0.05, 0.1) is 30.7 Å². The summed E-state index contributed by atoms with van der Waals surface area (Å²) in [5, 5.41) is 14.1. The summed E-state index contributed by atoms with van der Waals surface area (Å²) >= 11 is 0. The molecule has 1 unspecified atom stereocenters. The van der Waals surface area contributed by atoms with E-state index in [0.717, 1.165) is 36.2 Å². The van der Waals surface area contributed by atoms with Crippen LogP contribution in [0, 0.1) is 10.1 Å². The van der Waals surface area contributed by atoms with Crippen molar-refractivity contribution in [2.75, 3.05) is 40.4 Å². The van der Waals surface area contributed by atoms with Crippen molar-refractivity contribution >= 4 is 11.4 Å². The van der Waals surface area contributed by atoms with Crippen LogP contribution in [-0.4, -0.2) is 51.4 Å². The predicted octanol–water partition coefficient (Wildman–Crippen LogP) is 1.54. The molecule has 0 saturated carbocycles. The first-order chi connectivity index (χ1) is 9.61. The van der Waals surface area contributed by atoms with Crippen molar-refractivity contribution < 1.29 is 9.66 Å². The van der Waals surface area contributed by atoms with Crippen molar-refractivity contribution in [1.82, 2.24) is 9.80 Å². The van der Waals surface area contributed by atoms with Gasteiger partial charge in [-0.25, -0.2) is 0 Å². The van der Waals surface area contributed by atoms with Gasteiger partial charge in [0.15, 0.2) is 0 Å². The van der Waals surface area contributed by atoms with Crippen LogP contribution in [0.4, 0.5) is 11.4 Å². The zero-order chi connectivity index (χ0) is 14.6. The molecule has 110 valence electrons. The van der Waals surface area contributed by atoms with Gasteiger partial charge in [-0.15, -0.1) is 0 Å². The molecule has 1 aliphatic heterocycles. The number of likely N-dealkylation sites (tertiary alicyclic amines) is 1. The van der Waals surface area contributed by atoms with E-state index < -0.39 is 0 Å². The van der Waals surface area contributed by atoms with E-state index in [1.54, 1.807) is 19.2 Å². The monoisotopic (exact) mass is 280 g/mol. The first-order valence-corrected chi connectivity index (χ1v) is 6.88. The van der Waals surface area contributed by atoms with Crippen molar-refractivity contribution in [2.45, 2.75) is 12.5 Å². The van der Waals surface area contributed by atoms with Crippen LogP contribution >= 0.6 is 0 Å². The van der Waals surface area contributed by atoms with Gasteiger partial charge in [0.25, 0.3) is 5.69 Å². The highest BCUT2D eigenvalue weighted by Gasteiger charge is 2.39.